The van der Waals surface area contributed by atoms with E-state index >= 15 is 0 Å². The van der Waals surface area contributed by atoms with Crippen LogP contribution >= 0.6 is 0 Å². The molecule has 8 heteroatoms. The lowest BCUT2D eigenvalue weighted by Gasteiger charge is -2.08. The predicted molar refractivity (Wildman–Crippen MR) is 64.1 cm³/mol. The van der Waals surface area contributed by atoms with Crippen molar-refractivity contribution in [3.05, 3.63) is 24.3 Å². The van der Waals surface area contributed by atoms with Crippen LogP contribution in [0, 0.1) is 0 Å². The second-order valence-electron chi connectivity index (χ2n) is 3.03. The van der Waals surface area contributed by atoms with Gasteiger partial charge in [0.05, 0.1) is 12.8 Å². The number of benzene rings is 1. The van der Waals surface area contributed by atoms with Crippen molar-refractivity contribution < 1.29 is 17.9 Å². The van der Waals surface area contributed by atoms with E-state index in [0.29, 0.717) is 5.69 Å². The van der Waals surface area contributed by atoms with E-state index in [1.54, 1.807) is 36.0 Å². The van der Waals surface area contributed by atoms with Crippen LogP contribution in [-0.2, 0) is 14.9 Å². The van der Waals surface area contributed by atoms with Gasteiger partial charge in [0.25, 0.3) is 0 Å². The van der Waals surface area contributed by atoms with Gasteiger partial charge in [-0.3, -0.25) is 4.72 Å². The number of amides is 1. The minimum Gasteiger partial charge on any atom is -0.452 e. The van der Waals surface area contributed by atoms with Gasteiger partial charge >= 0.3 is 16.3 Å². The zero-order valence-electron chi connectivity index (χ0n) is 9.35. The molecular formula is C9H13N3O4S. The molecule has 1 aromatic carbocycles. The third-order valence-electron chi connectivity index (χ3n) is 1.83. The summed E-state index contributed by atoms with van der Waals surface area (Å²) in [6, 6.07) is 6.50. The van der Waals surface area contributed by atoms with Crippen LogP contribution in [0.5, 0.6) is 0 Å². The van der Waals surface area contributed by atoms with Crippen molar-refractivity contribution in [2.24, 2.45) is 0 Å². The fraction of sp³-hybridized carbons (Fsp3) is 0.222. The van der Waals surface area contributed by atoms with E-state index in [2.05, 4.69) is 14.8 Å². The molecule has 0 saturated carbocycles. The third kappa shape index (κ3) is 4.19. The molecule has 0 aliphatic rings. The number of carbonyl (C=O) groups is 1. The molecule has 94 valence electrons. The zero-order valence-corrected chi connectivity index (χ0v) is 10.2. The number of hydrogen-bond acceptors (Lipinski definition) is 5. The first-order valence-corrected chi connectivity index (χ1v) is 6.11. The number of methoxy groups -OCH3 is 1. The Morgan fingerprint density at radius 3 is 2.18 bits per heavy atom. The Bertz CT molecular complexity index is 483. The molecule has 1 amide bonds. The van der Waals surface area contributed by atoms with Crippen LogP contribution in [0.3, 0.4) is 0 Å². The van der Waals surface area contributed by atoms with E-state index in [-0.39, 0.29) is 0 Å². The maximum atomic E-state index is 11.4. The van der Waals surface area contributed by atoms with E-state index in [9.17, 15) is 13.2 Å². The van der Waals surface area contributed by atoms with Crippen molar-refractivity contribution in [1.29, 1.82) is 0 Å². The maximum absolute atomic E-state index is 11.4. The highest BCUT2D eigenvalue weighted by atomic mass is 32.2. The number of nitrogens with one attached hydrogen (secondary N) is 3. The van der Waals surface area contributed by atoms with Crippen LogP contribution < -0.4 is 14.8 Å². The Kier molecular flexibility index (Phi) is 4.16. The number of anilines is 2. The molecule has 0 aliphatic carbocycles. The lowest BCUT2D eigenvalue weighted by atomic mass is 10.3. The summed E-state index contributed by atoms with van der Waals surface area (Å²) in [4.78, 5) is 10.8. The fourth-order valence-electron chi connectivity index (χ4n) is 1.04. The lowest BCUT2D eigenvalue weighted by molar-refractivity contribution is 0.177. The standard InChI is InChI=1S/C9H13N3O4S/c1-10-7-3-5-8(6-4-7)11-17(14,15)12-9(13)16-2/h3-6,10-11H,1-2H3,(H,12,13). The number of carbonyl (C=O) groups excluding carboxylic acids is 1. The summed E-state index contributed by atoms with van der Waals surface area (Å²) < 4.78 is 30.8. The van der Waals surface area contributed by atoms with E-state index < -0.39 is 16.3 Å². The molecule has 0 saturated heterocycles. The van der Waals surface area contributed by atoms with Crippen molar-refractivity contribution in [2.75, 3.05) is 24.2 Å². The highest BCUT2D eigenvalue weighted by Gasteiger charge is 2.13. The Labute approximate surface area is 99.3 Å². The molecule has 0 aromatic heterocycles. The number of hydrogen-bond donors (Lipinski definition) is 3. The first-order chi connectivity index (χ1) is 7.96. The molecule has 0 atom stereocenters. The molecule has 0 radical (unpaired) electrons. The van der Waals surface area contributed by atoms with Gasteiger partial charge < -0.3 is 10.1 Å². The van der Waals surface area contributed by atoms with Crippen molar-refractivity contribution in [1.82, 2.24) is 4.72 Å². The maximum Gasteiger partial charge on any atom is 0.422 e. The normalized spacial score (nSPS) is 10.5. The first kappa shape index (κ1) is 13.1. The summed E-state index contributed by atoms with van der Waals surface area (Å²) in [5, 5.41) is 2.89. The van der Waals surface area contributed by atoms with Gasteiger partial charge in [-0.15, -0.1) is 0 Å². The minimum absolute atomic E-state index is 0.334. The predicted octanol–water partition coefficient (Wildman–Crippen LogP) is 0.741. The molecule has 0 heterocycles. The Hall–Kier alpha value is -1.96. The van der Waals surface area contributed by atoms with Crippen LogP contribution in [0.1, 0.15) is 0 Å². The smallest absolute Gasteiger partial charge is 0.422 e. The highest BCUT2D eigenvalue weighted by molar-refractivity contribution is 7.91. The van der Waals surface area contributed by atoms with Crippen molar-refractivity contribution >= 4 is 27.7 Å². The van der Waals surface area contributed by atoms with Crippen molar-refractivity contribution in [2.45, 2.75) is 0 Å². The summed E-state index contributed by atoms with van der Waals surface area (Å²) in [5.41, 5.74) is 1.18. The van der Waals surface area contributed by atoms with Crippen LogP contribution in [0.15, 0.2) is 24.3 Å². The van der Waals surface area contributed by atoms with Gasteiger partial charge in [0.1, 0.15) is 0 Å². The molecule has 0 aliphatic heterocycles. The molecule has 1 rings (SSSR count). The second kappa shape index (κ2) is 5.39. The van der Waals surface area contributed by atoms with Gasteiger partial charge in [-0.25, -0.2) is 9.52 Å². The van der Waals surface area contributed by atoms with Crippen LogP contribution in [-0.4, -0.2) is 28.7 Å². The van der Waals surface area contributed by atoms with Crippen LogP contribution in [0.25, 0.3) is 0 Å². The SMILES string of the molecule is CNc1ccc(NS(=O)(=O)NC(=O)OC)cc1. The largest absolute Gasteiger partial charge is 0.452 e. The Balaban J connectivity index is 2.72. The average molecular weight is 259 g/mol. The Morgan fingerprint density at radius 2 is 1.71 bits per heavy atom. The quantitative estimate of drug-likeness (QED) is 0.741. The van der Waals surface area contributed by atoms with E-state index in [4.69, 9.17) is 0 Å². The summed E-state index contributed by atoms with van der Waals surface area (Å²) >= 11 is 0. The molecule has 0 unspecified atom stereocenters. The van der Waals surface area contributed by atoms with Crippen molar-refractivity contribution in [3.8, 4) is 0 Å². The molecular weight excluding hydrogens is 246 g/mol. The summed E-state index contributed by atoms with van der Waals surface area (Å²) in [5.74, 6) is 0. The monoisotopic (exact) mass is 259 g/mol. The molecule has 0 fully saturated rings. The van der Waals surface area contributed by atoms with E-state index in [1.165, 1.54) is 0 Å². The average Bonchev–Trinajstić information content (AvgIpc) is 2.28. The molecule has 3 N–H and O–H groups in total. The number of ether oxygens (including phenoxy) is 1. The fourth-order valence-corrected chi connectivity index (χ4v) is 1.84. The molecule has 0 spiro atoms. The zero-order chi connectivity index (χ0) is 12.9. The molecule has 0 bridgehead atoms. The topological polar surface area (TPSA) is 96.5 Å². The van der Waals surface area contributed by atoms with E-state index in [0.717, 1.165) is 12.8 Å². The molecule has 1 aromatic rings. The lowest BCUT2D eigenvalue weighted by Crippen LogP contribution is -2.35. The summed E-state index contributed by atoms with van der Waals surface area (Å²) in [6.45, 7) is 0. The van der Waals surface area contributed by atoms with E-state index in [1.807, 2.05) is 0 Å². The summed E-state index contributed by atoms with van der Waals surface area (Å²) in [6.07, 6.45) is -1.05. The Morgan fingerprint density at radius 1 is 1.18 bits per heavy atom. The molecule has 7 nitrogen and oxygen atoms in total. The van der Waals surface area contributed by atoms with Gasteiger partial charge in [0, 0.05) is 12.7 Å². The highest BCUT2D eigenvalue weighted by Crippen LogP contribution is 2.13. The van der Waals surface area contributed by atoms with Crippen LogP contribution in [0.2, 0.25) is 0 Å². The first-order valence-electron chi connectivity index (χ1n) is 4.63. The van der Waals surface area contributed by atoms with Gasteiger partial charge in [-0.05, 0) is 24.3 Å². The molecule has 17 heavy (non-hydrogen) atoms. The van der Waals surface area contributed by atoms with Gasteiger partial charge in [-0.2, -0.15) is 8.42 Å². The minimum atomic E-state index is -3.96. The second-order valence-corrected chi connectivity index (χ2v) is 4.44. The van der Waals surface area contributed by atoms with Gasteiger partial charge in [-0.1, -0.05) is 0 Å². The van der Waals surface area contributed by atoms with Crippen molar-refractivity contribution in [3.63, 3.8) is 0 Å². The summed E-state index contributed by atoms with van der Waals surface area (Å²) in [7, 11) is -1.14. The van der Waals surface area contributed by atoms with Gasteiger partial charge in [0.2, 0.25) is 0 Å². The number of rotatable bonds is 4. The van der Waals surface area contributed by atoms with Crippen LogP contribution in [0.4, 0.5) is 16.2 Å². The third-order valence-corrected chi connectivity index (χ3v) is 2.77. The van der Waals surface area contributed by atoms with Gasteiger partial charge in [0.15, 0.2) is 0 Å².